The molecule has 94 valence electrons. The third-order valence-electron chi connectivity index (χ3n) is 3.46. The lowest BCUT2D eigenvalue weighted by molar-refractivity contribution is 0.205. The zero-order valence-electron chi connectivity index (χ0n) is 9.63. The summed E-state index contributed by atoms with van der Waals surface area (Å²) in [5.74, 6) is 0.407. The number of nitrogens with one attached hydrogen (secondary N) is 1. The molecule has 0 heterocycles. The minimum Gasteiger partial charge on any atom is -0.396 e. The van der Waals surface area contributed by atoms with Crippen molar-refractivity contribution in [2.75, 3.05) is 6.61 Å². The highest BCUT2D eigenvalue weighted by Gasteiger charge is 2.25. The molecule has 2 nitrogen and oxygen atoms in total. The average molecular weight is 319 g/mol. The van der Waals surface area contributed by atoms with Crippen LogP contribution in [0.1, 0.15) is 24.8 Å². The van der Waals surface area contributed by atoms with Crippen LogP contribution >= 0.6 is 27.5 Å². The molecule has 0 spiro atoms. The Hall–Kier alpha value is -0.0900. The lowest BCUT2D eigenvalue weighted by Crippen LogP contribution is -2.33. The average Bonchev–Trinajstić information content (AvgIpc) is 2.75. The SMILES string of the molecule is OCC1CCCC1NCc1ccc(Br)cc1Cl. The quantitative estimate of drug-likeness (QED) is 0.892. The molecule has 0 radical (unpaired) electrons. The van der Waals surface area contributed by atoms with Gasteiger partial charge in [-0.25, -0.2) is 0 Å². The molecule has 1 aliphatic carbocycles. The Kier molecular flexibility index (Phi) is 4.86. The Morgan fingerprint density at radius 2 is 2.24 bits per heavy atom. The molecule has 2 N–H and O–H groups in total. The molecular weight excluding hydrogens is 302 g/mol. The molecule has 1 aliphatic rings. The van der Waals surface area contributed by atoms with Gasteiger partial charge in [-0.3, -0.25) is 0 Å². The lowest BCUT2D eigenvalue weighted by atomic mass is 10.0. The van der Waals surface area contributed by atoms with E-state index in [1.807, 2.05) is 18.2 Å². The van der Waals surface area contributed by atoms with Gasteiger partial charge in [0, 0.05) is 28.7 Å². The van der Waals surface area contributed by atoms with Gasteiger partial charge in [-0.2, -0.15) is 0 Å². The first-order valence-corrected chi connectivity index (χ1v) is 7.16. The third kappa shape index (κ3) is 3.44. The molecule has 0 saturated heterocycles. The highest BCUT2D eigenvalue weighted by molar-refractivity contribution is 9.10. The van der Waals surface area contributed by atoms with Gasteiger partial charge in [0.25, 0.3) is 0 Å². The number of rotatable bonds is 4. The van der Waals surface area contributed by atoms with Crippen LogP contribution in [0.25, 0.3) is 0 Å². The van der Waals surface area contributed by atoms with Crippen molar-refractivity contribution in [1.29, 1.82) is 0 Å². The molecule has 0 aliphatic heterocycles. The second kappa shape index (κ2) is 6.19. The normalized spacial score (nSPS) is 24.2. The predicted octanol–water partition coefficient (Wildman–Crippen LogP) is 3.35. The van der Waals surface area contributed by atoms with Gasteiger partial charge in [-0.15, -0.1) is 0 Å². The van der Waals surface area contributed by atoms with Crippen LogP contribution in [-0.2, 0) is 6.54 Å². The molecule has 1 fully saturated rings. The van der Waals surface area contributed by atoms with Crippen LogP contribution in [0.15, 0.2) is 22.7 Å². The summed E-state index contributed by atoms with van der Waals surface area (Å²) in [7, 11) is 0. The fourth-order valence-corrected chi connectivity index (χ4v) is 3.17. The summed E-state index contributed by atoms with van der Waals surface area (Å²) in [6.45, 7) is 1.05. The van der Waals surface area contributed by atoms with Crippen LogP contribution in [0.2, 0.25) is 5.02 Å². The van der Waals surface area contributed by atoms with E-state index in [2.05, 4.69) is 21.2 Å². The fraction of sp³-hybridized carbons (Fsp3) is 0.538. The molecule has 4 heteroatoms. The van der Waals surface area contributed by atoms with Gasteiger partial charge in [0.15, 0.2) is 0 Å². The monoisotopic (exact) mass is 317 g/mol. The van der Waals surface area contributed by atoms with Crippen molar-refractivity contribution in [2.45, 2.75) is 31.8 Å². The maximum absolute atomic E-state index is 9.25. The summed E-state index contributed by atoms with van der Waals surface area (Å²) in [5.41, 5.74) is 1.11. The molecule has 2 atom stereocenters. The fourth-order valence-electron chi connectivity index (χ4n) is 2.43. The first kappa shape index (κ1) is 13.3. The summed E-state index contributed by atoms with van der Waals surface area (Å²) >= 11 is 9.56. The van der Waals surface area contributed by atoms with E-state index in [1.165, 1.54) is 6.42 Å². The van der Waals surface area contributed by atoms with Crippen molar-refractivity contribution in [2.24, 2.45) is 5.92 Å². The molecule has 0 bridgehead atoms. The van der Waals surface area contributed by atoms with E-state index < -0.39 is 0 Å². The number of aliphatic hydroxyl groups is 1. The van der Waals surface area contributed by atoms with Crippen molar-refractivity contribution in [3.05, 3.63) is 33.3 Å². The number of halogens is 2. The highest BCUT2D eigenvalue weighted by Crippen LogP contribution is 2.26. The predicted molar refractivity (Wildman–Crippen MR) is 74.2 cm³/mol. The minimum absolute atomic E-state index is 0.283. The molecule has 2 unspecified atom stereocenters. The van der Waals surface area contributed by atoms with Crippen LogP contribution in [0.5, 0.6) is 0 Å². The Morgan fingerprint density at radius 1 is 1.41 bits per heavy atom. The van der Waals surface area contributed by atoms with E-state index in [1.54, 1.807) is 0 Å². The molecule has 17 heavy (non-hydrogen) atoms. The number of hydrogen-bond acceptors (Lipinski definition) is 2. The molecule has 0 aromatic heterocycles. The highest BCUT2D eigenvalue weighted by atomic mass is 79.9. The van der Waals surface area contributed by atoms with Gasteiger partial charge < -0.3 is 10.4 Å². The van der Waals surface area contributed by atoms with Crippen molar-refractivity contribution >= 4 is 27.5 Å². The van der Waals surface area contributed by atoms with Crippen molar-refractivity contribution in [3.8, 4) is 0 Å². The number of benzene rings is 1. The maximum Gasteiger partial charge on any atom is 0.0474 e. The van der Waals surface area contributed by atoms with Crippen LogP contribution in [-0.4, -0.2) is 17.8 Å². The topological polar surface area (TPSA) is 32.3 Å². The Bertz CT molecular complexity index is 386. The van der Waals surface area contributed by atoms with E-state index in [-0.39, 0.29) is 6.61 Å². The summed E-state index contributed by atoms with van der Waals surface area (Å²) in [6, 6.07) is 6.37. The summed E-state index contributed by atoms with van der Waals surface area (Å²) in [5, 5.41) is 13.5. The summed E-state index contributed by atoms with van der Waals surface area (Å²) in [4.78, 5) is 0. The number of aliphatic hydroxyl groups excluding tert-OH is 1. The largest absolute Gasteiger partial charge is 0.396 e. The van der Waals surface area contributed by atoms with E-state index >= 15 is 0 Å². The minimum atomic E-state index is 0.283. The van der Waals surface area contributed by atoms with Gasteiger partial charge in [0.2, 0.25) is 0 Å². The second-order valence-corrected chi connectivity index (χ2v) is 5.92. The first-order valence-electron chi connectivity index (χ1n) is 5.99. The Morgan fingerprint density at radius 3 is 2.94 bits per heavy atom. The lowest BCUT2D eigenvalue weighted by Gasteiger charge is -2.19. The van der Waals surface area contributed by atoms with E-state index in [4.69, 9.17) is 11.6 Å². The molecule has 1 saturated carbocycles. The van der Waals surface area contributed by atoms with Gasteiger partial charge in [0.05, 0.1) is 0 Å². The molecule has 2 rings (SSSR count). The van der Waals surface area contributed by atoms with Crippen molar-refractivity contribution < 1.29 is 5.11 Å². The Labute approximate surface area is 115 Å². The molecule has 0 amide bonds. The molecule has 1 aromatic rings. The summed E-state index contributed by atoms with van der Waals surface area (Å²) in [6.07, 6.45) is 3.48. The molecular formula is C13H17BrClNO. The Balaban J connectivity index is 1.93. The summed E-state index contributed by atoms with van der Waals surface area (Å²) < 4.78 is 1.00. The second-order valence-electron chi connectivity index (χ2n) is 4.60. The zero-order chi connectivity index (χ0) is 12.3. The molecule has 1 aromatic carbocycles. The van der Waals surface area contributed by atoms with E-state index in [0.29, 0.717) is 12.0 Å². The van der Waals surface area contributed by atoms with Crippen LogP contribution in [0.4, 0.5) is 0 Å². The van der Waals surface area contributed by atoms with E-state index in [0.717, 1.165) is 34.4 Å². The van der Waals surface area contributed by atoms with Gasteiger partial charge in [0.1, 0.15) is 0 Å². The van der Waals surface area contributed by atoms with Gasteiger partial charge >= 0.3 is 0 Å². The van der Waals surface area contributed by atoms with Crippen LogP contribution in [0.3, 0.4) is 0 Å². The maximum atomic E-state index is 9.25. The number of hydrogen-bond donors (Lipinski definition) is 2. The van der Waals surface area contributed by atoms with Gasteiger partial charge in [-0.05, 0) is 36.5 Å². The van der Waals surface area contributed by atoms with Crippen molar-refractivity contribution in [3.63, 3.8) is 0 Å². The third-order valence-corrected chi connectivity index (χ3v) is 4.31. The smallest absolute Gasteiger partial charge is 0.0474 e. The van der Waals surface area contributed by atoms with Crippen LogP contribution < -0.4 is 5.32 Å². The van der Waals surface area contributed by atoms with Crippen LogP contribution in [0, 0.1) is 5.92 Å². The standard InChI is InChI=1S/C13H17BrClNO/c14-11-5-4-9(12(15)6-11)7-16-13-3-1-2-10(13)8-17/h4-6,10,13,16-17H,1-3,7-8H2. The van der Waals surface area contributed by atoms with Crippen molar-refractivity contribution in [1.82, 2.24) is 5.32 Å². The first-order chi connectivity index (χ1) is 8.20. The van der Waals surface area contributed by atoms with E-state index in [9.17, 15) is 5.11 Å². The zero-order valence-corrected chi connectivity index (χ0v) is 12.0. The van der Waals surface area contributed by atoms with Gasteiger partial charge in [-0.1, -0.05) is 40.0 Å².